The number of nitrogens with zero attached hydrogens (tertiary/aromatic N) is 17. The molecule has 690 valence electrons. The highest BCUT2D eigenvalue weighted by Crippen LogP contribution is 2.49. The Balaban J connectivity index is 0.000000186. The fourth-order valence-electron chi connectivity index (χ4n) is 18.4. The molecule has 4 N–H and O–H groups in total. The first-order valence-electron chi connectivity index (χ1n) is 41.3. The number of fused-ring (bicyclic) bond motifs is 3. The van der Waals surface area contributed by atoms with Crippen LogP contribution < -0.4 is 29.8 Å². The van der Waals surface area contributed by atoms with Crippen molar-refractivity contribution in [3.05, 3.63) is 191 Å². The third-order valence-corrected chi connectivity index (χ3v) is 23.9. The number of aromatic nitrogens is 12. The number of aliphatic carboxylic acids is 1. The van der Waals surface area contributed by atoms with Gasteiger partial charge in [-0.2, -0.15) is 93.4 Å². The van der Waals surface area contributed by atoms with Crippen molar-refractivity contribution in [1.82, 2.24) is 60.6 Å². The number of carboxylic acids is 1. The zero-order chi connectivity index (χ0) is 91.6. The van der Waals surface area contributed by atoms with Gasteiger partial charge >= 0.3 is 49.0 Å². The first-order valence-corrected chi connectivity index (χ1v) is 41.3. The molecule has 0 spiro atoms. The lowest BCUT2D eigenvalue weighted by Gasteiger charge is -2.36. The summed E-state index contributed by atoms with van der Waals surface area (Å²) in [6.45, 7) is 14.5. The van der Waals surface area contributed by atoms with E-state index in [1.54, 1.807) is 21.7 Å². The molecule has 3 aliphatic heterocycles. The lowest BCUT2D eigenvalue weighted by molar-refractivity contribution is -0.147. The summed E-state index contributed by atoms with van der Waals surface area (Å²) in [5.41, 5.74) is 2.80. The van der Waals surface area contributed by atoms with Gasteiger partial charge in [-0.1, -0.05) is 68.4 Å². The van der Waals surface area contributed by atoms with Gasteiger partial charge < -0.3 is 45.1 Å². The van der Waals surface area contributed by atoms with Crippen molar-refractivity contribution in [2.45, 2.75) is 206 Å². The number of methoxy groups -OCH3 is 1. The molecule has 0 radical (unpaired) electrons. The van der Waals surface area contributed by atoms with Crippen molar-refractivity contribution in [3.63, 3.8) is 0 Å². The molecule has 0 unspecified atom stereocenters. The van der Waals surface area contributed by atoms with E-state index in [4.69, 9.17) is 4.74 Å². The zero-order valence-electron chi connectivity index (χ0n) is 71.3. The summed E-state index contributed by atoms with van der Waals surface area (Å²) in [6, 6.07) is 15.8. The van der Waals surface area contributed by atoms with Gasteiger partial charge in [0.15, 0.2) is 0 Å². The molecule has 2 saturated carbocycles. The Hall–Kier alpha value is -11.0. The highest BCUT2D eigenvalue weighted by Gasteiger charge is 2.44. The lowest BCUT2D eigenvalue weighted by atomic mass is 9.81. The molecule has 0 saturated heterocycles. The third-order valence-electron chi connectivity index (χ3n) is 23.9. The second-order valence-electron chi connectivity index (χ2n) is 33.5. The average molecular weight is 1810 g/mol. The summed E-state index contributed by atoms with van der Waals surface area (Å²) in [4.78, 5) is 36.8. The molecule has 3 aromatic heterocycles. The number of aryl methyl sites for hydroxylation is 9. The highest BCUT2D eigenvalue weighted by atomic mass is 19.4. The summed E-state index contributed by atoms with van der Waals surface area (Å²) in [5.74, 6) is -0.366. The van der Waals surface area contributed by atoms with E-state index < -0.39 is 94.5 Å². The van der Waals surface area contributed by atoms with Crippen molar-refractivity contribution in [1.29, 1.82) is 0 Å². The number of rotatable bonds is 18. The molecule has 6 aromatic carbocycles. The molecular formula is C86H100F18N18O5. The number of benzene rings is 6. The van der Waals surface area contributed by atoms with Gasteiger partial charge in [0.05, 0.1) is 91.6 Å². The topological polar surface area (TPSA) is 254 Å². The van der Waals surface area contributed by atoms with Crippen LogP contribution >= 0.6 is 0 Å². The van der Waals surface area contributed by atoms with Crippen LogP contribution in [0.3, 0.4) is 0 Å². The number of hydrogen-bond acceptors (Lipinski definition) is 18. The van der Waals surface area contributed by atoms with Gasteiger partial charge in [0.25, 0.3) is 17.8 Å². The number of carboxylic acid groups (broad SMARTS) is 1. The van der Waals surface area contributed by atoms with Gasteiger partial charge in [0.2, 0.25) is 0 Å². The smallest absolute Gasteiger partial charge is 0.416 e. The van der Waals surface area contributed by atoms with Crippen LogP contribution in [0.2, 0.25) is 0 Å². The van der Waals surface area contributed by atoms with Gasteiger partial charge in [-0.25, -0.2) is 0 Å². The van der Waals surface area contributed by atoms with E-state index in [-0.39, 0.29) is 95.7 Å². The number of esters is 1. The van der Waals surface area contributed by atoms with E-state index in [1.165, 1.54) is 35.6 Å². The monoisotopic (exact) mass is 1810 g/mol. The fraction of sp³-hybridized carbons (Fsp3) is 0.523. The number of ether oxygens (including phenoxy) is 1. The summed E-state index contributed by atoms with van der Waals surface area (Å²) >= 11 is 0. The van der Waals surface area contributed by atoms with Crippen LogP contribution in [0.4, 0.5) is 114 Å². The molecule has 0 bridgehead atoms. The second kappa shape index (κ2) is 38.9. The minimum absolute atomic E-state index is 0. The number of tetrazole rings is 3. The third kappa shape index (κ3) is 23.7. The van der Waals surface area contributed by atoms with Crippen molar-refractivity contribution in [2.75, 3.05) is 69.6 Å². The number of halogens is 18. The Morgan fingerprint density at radius 1 is 0.409 bits per heavy atom. The summed E-state index contributed by atoms with van der Waals surface area (Å²) in [5, 5.41) is 49.7. The maximum Gasteiger partial charge on any atom is 0.416 e. The largest absolute Gasteiger partial charge is 0.481 e. The number of carbonyl (C=O) groups is 2. The van der Waals surface area contributed by atoms with E-state index in [9.17, 15) is 93.7 Å². The molecule has 9 aromatic rings. The highest BCUT2D eigenvalue weighted by molar-refractivity contribution is 5.73. The van der Waals surface area contributed by atoms with Gasteiger partial charge in [-0.15, -0.1) is 15.3 Å². The number of alkyl halides is 18. The first-order chi connectivity index (χ1) is 59.1. The van der Waals surface area contributed by atoms with Crippen LogP contribution in [0.1, 0.15) is 208 Å². The molecule has 127 heavy (non-hydrogen) atoms. The van der Waals surface area contributed by atoms with E-state index in [0.717, 1.165) is 162 Å². The Bertz CT molecular complexity index is 5220. The fourth-order valence-corrected chi connectivity index (χ4v) is 18.4. The number of carbonyl (C=O) groups excluding carboxylic acids is 1. The maximum absolute atomic E-state index is 13.8. The normalized spacial score (nSPS) is 19.4. The van der Waals surface area contributed by atoms with Crippen molar-refractivity contribution < 1.29 is 104 Å². The molecule has 14 rings (SSSR count). The summed E-state index contributed by atoms with van der Waals surface area (Å²) in [7, 11) is 6.03. The van der Waals surface area contributed by atoms with Crippen LogP contribution in [0.15, 0.2) is 91.0 Å². The van der Waals surface area contributed by atoms with Crippen LogP contribution in [0.5, 0.6) is 0 Å². The standard InChI is InChI=1S/C32H38F6N6O2.C31H36F6N6O2.C23H24F6N6.H2O/c1-19-12-20(2)28-26(13-19)27(6-5-11-43(28)17-21-7-9-23(10-8-21)29(45)46-4)44(30-39-41-42(3)40-30)18-22-14-24(31(33,34)35)16-25(15-22)32(36,37)38;1-18-11-19(2)27-25(12-18)26(5-4-10-42(27)16-20-6-8-22(9-7-20)28(44)45)43(29-38-40-41(3)39-29)17-21-13-23(30(32,33)34)15-24(14-21)31(35,36)37;1-13-7-14(2)20-18(8-13)19(5-4-6-30-20)35(21-31-33-34(3)32-21)12-15-9-16(22(24,25)26)11-17(10-15)23(27,28)29;/h12-16,21,23,27H,5-11,17-18H2,1-4H3;11-15,20,22,26H,4-10,16-17H2,1-3H3,(H,44,45);7-11,19,30H,4-6,12H2,1-3H3;1H2/t21?,23?,27-;20?,22?,26-;19-;/m000./s1. The minimum Gasteiger partial charge on any atom is -0.481 e. The Kier molecular flexibility index (Phi) is 29.6. The van der Waals surface area contributed by atoms with Crippen molar-refractivity contribution in [3.8, 4) is 0 Å². The zero-order valence-corrected chi connectivity index (χ0v) is 71.3. The van der Waals surface area contributed by atoms with Crippen LogP contribution in [-0.2, 0) is 92.2 Å². The van der Waals surface area contributed by atoms with E-state index in [1.807, 2.05) is 65.8 Å². The maximum atomic E-state index is 13.8. The molecule has 5 aliphatic rings. The number of hydrogen-bond donors (Lipinski definition) is 2. The molecule has 41 heteroatoms. The van der Waals surface area contributed by atoms with Gasteiger partial charge in [-0.3, -0.25) is 9.59 Å². The van der Waals surface area contributed by atoms with Gasteiger partial charge in [-0.05, 0) is 264 Å². The quantitative estimate of drug-likeness (QED) is 0.0598. The Morgan fingerprint density at radius 2 is 0.709 bits per heavy atom. The van der Waals surface area contributed by atoms with E-state index in [0.29, 0.717) is 76.4 Å². The van der Waals surface area contributed by atoms with Crippen LogP contribution in [0, 0.1) is 65.2 Å². The van der Waals surface area contributed by atoms with Crippen LogP contribution in [-0.4, -0.2) is 123 Å². The minimum atomic E-state index is -4.97. The number of anilines is 6. The van der Waals surface area contributed by atoms with Crippen molar-refractivity contribution >= 4 is 46.8 Å². The Morgan fingerprint density at radius 3 is 1.01 bits per heavy atom. The molecule has 23 nitrogen and oxygen atoms in total. The SMILES string of the molecule is COC(=O)C1CCC(CN2CCC[C@H](N(Cc3cc(C(F)(F)F)cc(C(F)(F)F)c3)c3nnn(C)n3)c3cc(C)cc(C)c32)CC1.Cc1cc(C)c2c(c1)[C@@H](N(Cc1cc(C(F)(F)F)cc(C(F)(F)F)c1)c1nnn(C)n1)CCCN2.Cc1cc(C)c2c(c1)[C@@H](N(Cc1cc(C(F)(F)F)cc(C(F)(F)F)c1)c1nnn(C)n1)CCCN2CC1CCC(C(=O)O)CC1.O. The Labute approximate surface area is 720 Å². The van der Waals surface area contributed by atoms with Gasteiger partial charge in [0, 0.05) is 69.4 Å². The predicted molar refractivity (Wildman–Crippen MR) is 435 cm³/mol. The second-order valence-corrected chi connectivity index (χ2v) is 33.5. The van der Waals surface area contributed by atoms with Gasteiger partial charge in [0.1, 0.15) is 0 Å². The molecule has 2 fully saturated rings. The van der Waals surface area contributed by atoms with Crippen LogP contribution in [0.25, 0.3) is 0 Å². The molecule has 0 amide bonds. The van der Waals surface area contributed by atoms with Crippen molar-refractivity contribution in [2.24, 2.45) is 44.8 Å². The molecule has 6 heterocycles. The first kappa shape index (κ1) is 96.6. The molecular weight excluding hydrogens is 1710 g/mol. The van der Waals surface area contributed by atoms with E-state index >= 15 is 0 Å². The number of nitrogens with one attached hydrogen (secondary N) is 1. The van der Waals surface area contributed by atoms with E-state index in [2.05, 4.69) is 73.5 Å². The molecule has 3 atom stereocenters. The lowest BCUT2D eigenvalue weighted by Crippen LogP contribution is -2.34. The predicted octanol–water partition coefficient (Wildman–Crippen LogP) is 19.3. The molecule has 2 aliphatic carbocycles. The average Bonchev–Trinajstić information content (AvgIpc) is 1.71. The summed E-state index contributed by atoms with van der Waals surface area (Å²) in [6.07, 6.45) is -19.8. The summed E-state index contributed by atoms with van der Waals surface area (Å²) < 4.78 is 251.